The minimum atomic E-state index is -3.62. The molecular formula is C9H12F6OS. The van der Waals surface area contributed by atoms with Crippen LogP contribution in [0.15, 0.2) is 0 Å². The van der Waals surface area contributed by atoms with Gasteiger partial charge in [-0.1, -0.05) is 11.8 Å². The van der Waals surface area contributed by atoms with Crippen LogP contribution >= 0.6 is 11.8 Å². The van der Waals surface area contributed by atoms with E-state index in [1.54, 1.807) is 0 Å². The van der Waals surface area contributed by atoms with Gasteiger partial charge in [0.2, 0.25) is 0 Å². The molecule has 102 valence electrons. The molecule has 0 saturated carbocycles. The molecule has 0 fully saturated rings. The van der Waals surface area contributed by atoms with Crippen LogP contribution < -0.4 is 0 Å². The Hall–Kier alpha value is -0.400. The number of hydrogen-bond acceptors (Lipinski definition) is 2. The Bertz CT molecular complexity index is 248. The molecule has 0 radical (unpaired) electrons. The van der Waals surface area contributed by atoms with E-state index >= 15 is 0 Å². The number of carbonyl (C=O) groups is 1. The monoisotopic (exact) mass is 282 g/mol. The van der Waals surface area contributed by atoms with Crippen molar-refractivity contribution in [1.82, 2.24) is 0 Å². The second-order valence-corrected chi connectivity index (χ2v) is 4.72. The Balaban J connectivity index is 4.10. The molecule has 1 nitrogen and oxygen atoms in total. The van der Waals surface area contributed by atoms with E-state index in [2.05, 4.69) is 0 Å². The Morgan fingerprint density at radius 3 is 2.18 bits per heavy atom. The second-order valence-electron chi connectivity index (χ2n) is 3.44. The van der Waals surface area contributed by atoms with Crippen LogP contribution in [0.4, 0.5) is 26.3 Å². The highest BCUT2D eigenvalue weighted by Crippen LogP contribution is 2.30. The quantitative estimate of drug-likeness (QED) is 0.663. The minimum absolute atomic E-state index is 0.263. The summed E-state index contributed by atoms with van der Waals surface area (Å²) in [5.41, 5.74) is 0. The molecular weight excluding hydrogens is 270 g/mol. The van der Waals surface area contributed by atoms with Gasteiger partial charge in [0.05, 0.1) is 0 Å². The van der Waals surface area contributed by atoms with Crippen LogP contribution in [0.5, 0.6) is 0 Å². The molecule has 0 aromatic carbocycles. The van der Waals surface area contributed by atoms with Gasteiger partial charge in [0, 0.05) is 25.5 Å². The zero-order valence-electron chi connectivity index (χ0n) is 8.94. The number of hydrogen-bond donors (Lipinski definition) is 0. The smallest absolute Gasteiger partial charge is 0.272 e. The average Bonchev–Trinajstić information content (AvgIpc) is 2.14. The van der Waals surface area contributed by atoms with Gasteiger partial charge in [-0.3, -0.25) is 4.79 Å². The predicted octanol–water partition coefficient (Wildman–Crippen LogP) is 3.62. The van der Waals surface area contributed by atoms with Gasteiger partial charge < -0.3 is 0 Å². The molecule has 2 unspecified atom stereocenters. The highest BCUT2D eigenvalue weighted by Gasteiger charge is 2.39. The lowest BCUT2D eigenvalue weighted by atomic mass is 10.1. The van der Waals surface area contributed by atoms with Gasteiger partial charge in [-0.25, -0.2) is 26.3 Å². The van der Waals surface area contributed by atoms with E-state index in [9.17, 15) is 31.1 Å². The standard InChI is InChI=1S/C9H12F6OS/c1-5(16)17-3-2-9(14,15)4-6(10)7(11)8(12)13/h6-8H,2-4H2,1H3. The van der Waals surface area contributed by atoms with E-state index in [4.69, 9.17) is 0 Å². The molecule has 0 heterocycles. The second kappa shape index (κ2) is 7.13. The summed E-state index contributed by atoms with van der Waals surface area (Å²) in [6.45, 7) is 1.18. The van der Waals surface area contributed by atoms with Crippen molar-refractivity contribution in [2.45, 2.75) is 44.5 Å². The summed E-state index contributed by atoms with van der Waals surface area (Å²) in [6.07, 6.45) is -12.2. The highest BCUT2D eigenvalue weighted by molar-refractivity contribution is 8.13. The van der Waals surface area contributed by atoms with Crippen LogP contribution in [0.3, 0.4) is 0 Å². The van der Waals surface area contributed by atoms with E-state index < -0.39 is 37.5 Å². The van der Waals surface area contributed by atoms with Crippen molar-refractivity contribution in [3.05, 3.63) is 0 Å². The van der Waals surface area contributed by atoms with Crippen molar-refractivity contribution in [3.63, 3.8) is 0 Å². The number of rotatable bonds is 7. The summed E-state index contributed by atoms with van der Waals surface area (Å²) in [7, 11) is 0. The van der Waals surface area contributed by atoms with Crippen molar-refractivity contribution >= 4 is 16.9 Å². The molecule has 0 saturated heterocycles. The third kappa shape index (κ3) is 7.51. The van der Waals surface area contributed by atoms with Gasteiger partial charge in [0.15, 0.2) is 11.3 Å². The maximum atomic E-state index is 13.0. The molecule has 0 spiro atoms. The maximum absolute atomic E-state index is 13.0. The number of thioether (sulfide) groups is 1. The zero-order chi connectivity index (χ0) is 13.6. The summed E-state index contributed by atoms with van der Waals surface area (Å²) in [4.78, 5) is 10.4. The highest BCUT2D eigenvalue weighted by atomic mass is 32.2. The average molecular weight is 282 g/mol. The van der Waals surface area contributed by atoms with Gasteiger partial charge in [-0.15, -0.1) is 0 Å². The van der Waals surface area contributed by atoms with Crippen molar-refractivity contribution in [2.75, 3.05) is 5.75 Å². The molecule has 0 aliphatic heterocycles. The molecule has 0 N–H and O–H groups in total. The molecule has 0 aromatic rings. The summed E-state index contributed by atoms with van der Waals surface area (Å²) in [5, 5.41) is -0.381. The molecule has 0 rings (SSSR count). The van der Waals surface area contributed by atoms with E-state index in [1.165, 1.54) is 6.92 Å². The van der Waals surface area contributed by atoms with E-state index in [0.29, 0.717) is 11.8 Å². The minimum Gasteiger partial charge on any atom is -0.288 e. The number of alkyl halides is 6. The predicted molar refractivity (Wildman–Crippen MR) is 53.1 cm³/mol. The summed E-state index contributed by atoms with van der Waals surface area (Å²) in [6, 6.07) is 0. The Morgan fingerprint density at radius 2 is 1.76 bits per heavy atom. The summed E-state index contributed by atoms with van der Waals surface area (Å²) >= 11 is 0.617. The number of halogens is 6. The molecule has 17 heavy (non-hydrogen) atoms. The molecule has 0 aliphatic rings. The van der Waals surface area contributed by atoms with Gasteiger partial charge in [0.25, 0.3) is 12.3 Å². The maximum Gasteiger partial charge on any atom is 0.272 e. The SMILES string of the molecule is CC(=O)SCCC(F)(F)CC(F)C(F)C(F)F. The molecule has 0 amide bonds. The van der Waals surface area contributed by atoms with Crippen molar-refractivity contribution in [1.29, 1.82) is 0 Å². The molecule has 0 aliphatic carbocycles. The van der Waals surface area contributed by atoms with Crippen molar-refractivity contribution in [3.8, 4) is 0 Å². The largest absolute Gasteiger partial charge is 0.288 e. The van der Waals surface area contributed by atoms with Crippen molar-refractivity contribution in [2.24, 2.45) is 0 Å². The zero-order valence-corrected chi connectivity index (χ0v) is 9.75. The first-order valence-corrected chi connectivity index (χ1v) is 5.72. The first kappa shape index (κ1) is 16.6. The molecule has 2 atom stereocenters. The fourth-order valence-electron chi connectivity index (χ4n) is 1.00. The van der Waals surface area contributed by atoms with Gasteiger partial charge in [-0.2, -0.15) is 0 Å². The van der Waals surface area contributed by atoms with Crippen LogP contribution in [-0.4, -0.2) is 35.6 Å². The van der Waals surface area contributed by atoms with E-state index in [-0.39, 0.29) is 10.9 Å². The van der Waals surface area contributed by atoms with Crippen LogP contribution in [0.2, 0.25) is 0 Å². The Morgan fingerprint density at radius 1 is 1.24 bits per heavy atom. The van der Waals surface area contributed by atoms with E-state index in [0.717, 1.165) is 0 Å². The van der Waals surface area contributed by atoms with E-state index in [1.807, 2.05) is 0 Å². The fraction of sp³-hybridized carbons (Fsp3) is 0.889. The van der Waals surface area contributed by atoms with Crippen LogP contribution in [0, 0.1) is 0 Å². The van der Waals surface area contributed by atoms with Crippen LogP contribution in [0.1, 0.15) is 19.8 Å². The lowest BCUT2D eigenvalue weighted by Crippen LogP contribution is -2.32. The third-order valence-corrected chi connectivity index (χ3v) is 2.67. The van der Waals surface area contributed by atoms with Crippen molar-refractivity contribution < 1.29 is 31.1 Å². The molecule has 8 heteroatoms. The lowest BCUT2D eigenvalue weighted by Gasteiger charge is -2.20. The van der Waals surface area contributed by atoms with Gasteiger partial charge in [0.1, 0.15) is 6.17 Å². The topological polar surface area (TPSA) is 17.1 Å². The third-order valence-electron chi connectivity index (χ3n) is 1.85. The van der Waals surface area contributed by atoms with Crippen LogP contribution in [-0.2, 0) is 4.79 Å². The van der Waals surface area contributed by atoms with Crippen LogP contribution in [0.25, 0.3) is 0 Å². The lowest BCUT2D eigenvalue weighted by molar-refractivity contribution is -0.109. The summed E-state index contributed by atoms with van der Waals surface area (Å²) in [5.74, 6) is -3.86. The molecule has 0 aromatic heterocycles. The Labute approximate surface area is 98.9 Å². The molecule has 0 bridgehead atoms. The summed E-state index contributed by atoms with van der Waals surface area (Å²) < 4.78 is 74.5. The normalized spacial score (nSPS) is 16.0. The van der Waals surface area contributed by atoms with Gasteiger partial charge in [-0.05, 0) is 0 Å². The first-order chi connectivity index (χ1) is 7.65. The number of carbonyl (C=O) groups excluding carboxylic acids is 1. The first-order valence-electron chi connectivity index (χ1n) is 4.73. The fourth-order valence-corrected chi connectivity index (χ4v) is 1.69. The Kier molecular flexibility index (Phi) is 6.96. The van der Waals surface area contributed by atoms with Gasteiger partial charge >= 0.3 is 0 Å².